The summed E-state index contributed by atoms with van der Waals surface area (Å²) in [4.78, 5) is 2.50. The molecule has 0 aromatic heterocycles. The first kappa shape index (κ1) is 11.4. The van der Waals surface area contributed by atoms with E-state index in [2.05, 4.69) is 4.90 Å². The highest BCUT2D eigenvalue weighted by molar-refractivity contribution is 4.87. The van der Waals surface area contributed by atoms with Gasteiger partial charge in [0.2, 0.25) is 0 Å². The predicted octanol–water partition coefficient (Wildman–Crippen LogP) is 0.961. The van der Waals surface area contributed by atoms with E-state index in [1.807, 2.05) is 0 Å². The van der Waals surface area contributed by atoms with Gasteiger partial charge < -0.3 is 10.8 Å². The number of nitrogens with zero attached hydrogens (tertiary/aromatic N) is 1. The molecule has 0 amide bonds. The summed E-state index contributed by atoms with van der Waals surface area (Å²) >= 11 is 0. The maximum absolute atomic E-state index is 9.85. The fourth-order valence-corrected chi connectivity index (χ4v) is 3.16. The van der Waals surface area contributed by atoms with Gasteiger partial charge in [0, 0.05) is 6.04 Å². The SMILES string of the molecule is NCCC1CCN(C2CCCC2O)CC1. The molecule has 2 aliphatic rings. The zero-order valence-corrected chi connectivity index (χ0v) is 9.57. The lowest BCUT2D eigenvalue weighted by Gasteiger charge is -2.37. The number of piperidine rings is 1. The number of rotatable bonds is 3. The Morgan fingerprint density at radius 3 is 2.40 bits per heavy atom. The summed E-state index contributed by atoms with van der Waals surface area (Å²) in [6.45, 7) is 3.18. The van der Waals surface area contributed by atoms with Crippen LogP contribution in [0.3, 0.4) is 0 Å². The van der Waals surface area contributed by atoms with E-state index in [0.717, 1.165) is 18.9 Å². The number of hydrogen-bond acceptors (Lipinski definition) is 3. The number of aliphatic hydroxyl groups excluding tert-OH is 1. The molecule has 0 radical (unpaired) electrons. The average molecular weight is 212 g/mol. The summed E-state index contributed by atoms with van der Waals surface area (Å²) in [5.74, 6) is 0.838. The molecule has 1 saturated carbocycles. The molecular formula is C12H24N2O. The summed E-state index contributed by atoms with van der Waals surface area (Å²) in [7, 11) is 0. The van der Waals surface area contributed by atoms with E-state index in [-0.39, 0.29) is 6.10 Å². The highest BCUT2D eigenvalue weighted by Gasteiger charge is 2.32. The molecule has 1 heterocycles. The van der Waals surface area contributed by atoms with E-state index in [1.165, 1.54) is 45.2 Å². The summed E-state index contributed by atoms with van der Waals surface area (Å²) in [6, 6.07) is 0.462. The van der Waals surface area contributed by atoms with Crippen molar-refractivity contribution in [1.82, 2.24) is 4.90 Å². The molecule has 3 nitrogen and oxygen atoms in total. The largest absolute Gasteiger partial charge is 0.391 e. The first-order chi connectivity index (χ1) is 7.31. The Hall–Kier alpha value is -0.120. The van der Waals surface area contributed by atoms with Crippen LogP contribution in [-0.2, 0) is 0 Å². The highest BCUT2D eigenvalue weighted by Crippen LogP contribution is 2.28. The lowest BCUT2D eigenvalue weighted by molar-refractivity contribution is 0.0475. The van der Waals surface area contributed by atoms with Gasteiger partial charge in [-0.2, -0.15) is 0 Å². The second-order valence-corrected chi connectivity index (χ2v) is 5.12. The van der Waals surface area contributed by atoms with Gasteiger partial charge in [0.1, 0.15) is 0 Å². The smallest absolute Gasteiger partial charge is 0.0695 e. The minimum atomic E-state index is -0.0592. The maximum Gasteiger partial charge on any atom is 0.0695 e. The van der Waals surface area contributed by atoms with Gasteiger partial charge in [-0.1, -0.05) is 0 Å². The zero-order chi connectivity index (χ0) is 10.7. The van der Waals surface area contributed by atoms with Crippen molar-refractivity contribution in [2.24, 2.45) is 11.7 Å². The molecule has 1 aliphatic carbocycles. The van der Waals surface area contributed by atoms with Gasteiger partial charge >= 0.3 is 0 Å². The molecule has 0 bridgehead atoms. The molecule has 0 aromatic rings. The average Bonchev–Trinajstić information content (AvgIpc) is 2.66. The summed E-state index contributed by atoms with van der Waals surface area (Å²) in [6.07, 6.45) is 7.09. The Bertz CT molecular complexity index is 190. The lowest BCUT2D eigenvalue weighted by atomic mass is 9.92. The van der Waals surface area contributed by atoms with Gasteiger partial charge in [-0.3, -0.25) is 4.90 Å². The topological polar surface area (TPSA) is 49.5 Å². The lowest BCUT2D eigenvalue weighted by Crippen LogP contribution is -2.45. The van der Waals surface area contributed by atoms with Crippen LogP contribution in [0.15, 0.2) is 0 Å². The Morgan fingerprint density at radius 2 is 1.87 bits per heavy atom. The van der Waals surface area contributed by atoms with Crippen LogP contribution in [0.25, 0.3) is 0 Å². The first-order valence-electron chi connectivity index (χ1n) is 6.43. The molecule has 1 saturated heterocycles. The summed E-state index contributed by atoms with van der Waals surface area (Å²) < 4.78 is 0. The fourth-order valence-electron chi connectivity index (χ4n) is 3.16. The summed E-state index contributed by atoms with van der Waals surface area (Å²) in [5, 5.41) is 9.85. The van der Waals surface area contributed by atoms with Gasteiger partial charge in [-0.05, 0) is 64.1 Å². The molecule has 15 heavy (non-hydrogen) atoms. The van der Waals surface area contributed by atoms with E-state index in [0.29, 0.717) is 6.04 Å². The van der Waals surface area contributed by atoms with Crippen LogP contribution < -0.4 is 5.73 Å². The van der Waals surface area contributed by atoms with Crippen molar-refractivity contribution in [3.8, 4) is 0 Å². The molecule has 0 spiro atoms. The van der Waals surface area contributed by atoms with Crippen LogP contribution in [0.2, 0.25) is 0 Å². The van der Waals surface area contributed by atoms with Crippen molar-refractivity contribution in [3.05, 3.63) is 0 Å². The molecule has 2 rings (SSSR count). The van der Waals surface area contributed by atoms with Crippen molar-refractivity contribution in [3.63, 3.8) is 0 Å². The molecule has 3 N–H and O–H groups in total. The highest BCUT2D eigenvalue weighted by atomic mass is 16.3. The molecule has 88 valence electrons. The van der Waals surface area contributed by atoms with Crippen LogP contribution >= 0.6 is 0 Å². The minimum absolute atomic E-state index is 0.0592. The maximum atomic E-state index is 9.85. The van der Waals surface area contributed by atoms with Crippen molar-refractivity contribution in [1.29, 1.82) is 0 Å². The molecule has 0 aromatic carbocycles. The number of likely N-dealkylation sites (tertiary alicyclic amines) is 1. The van der Waals surface area contributed by atoms with E-state index in [9.17, 15) is 5.11 Å². The van der Waals surface area contributed by atoms with Crippen molar-refractivity contribution in [2.75, 3.05) is 19.6 Å². The molecule has 2 unspecified atom stereocenters. The Morgan fingerprint density at radius 1 is 1.13 bits per heavy atom. The Kier molecular flexibility index (Phi) is 4.00. The van der Waals surface area contributed by atoms with Crippen LogP contribution in [0.1, 0.15) is 38.5 Å². The third-order valence-electron chi connectivity index (χ3n) is 4.14. The number of hydrogen-bond donors (Lipinski definition) is 2. The van der Waals surface area contributed by atoms with E-state index in [4.69, 9.17) is 5.73 Å². The van der Waals surface area contributed by atoms with Gasteiger partial charge in [0.05, 0.1) is 6.10 Å². The van der Waals surface area contributed by atoms with Crippen molar-refractivity contribution < 1.29 is 5.11 Å². The van der Waals surface area contributed by atoms with Gasteiger partial charge in [0.25, 0.3) is 0 Å². The molecular weight excluding hydrogens is 188 g/mol. The minimum Gasteiger partial charge on any atom is -0.391 e. The van der Waals surface area contributed by atoms with E-state index >= 15 is 0 Å². The Labute approximate surface area is 92.6 Å². The van der Waals surface area contributed by atoms with Crippen molar-refractivity contribution in [2.45, 2.75) is 50.7 Å². The quantitative estimate of drug-likeness (QED) is 0.732. The molecule has 2 fully saturated rings. The standard InChI is InChI=1S/C12H24N2O/c13-7-4-10-5-8-14(9-6-10)11-2-1-3-12(11)15/h10-12,15H,1-9,13H2. The van der Waals surface area contributed by atoms with Crippen LogP contribution in [0, 0.1) is 5.92 Å². The van der Waals surface area contributed by atoms with E-state index < -0.39 is 0 Å². The van der Waals surface area contributed by atoms with Crippen LogP contribution in [0.4, 0.5) is 0 Å². The van der Waals surface area contributed by atoms with Gasteiger partial charge in [-0.25, -0.2) is 0 Å². The number of aliphatic hydroxyl groups is 1. The molecule has 1 aliphatic heterocycles. The van der Waals surface area contributed by atoms with Gasteiger partial charge in [0.15, 0.2) is 0 Å². The zero-order valence-electron chi connectivity index (χ0n) is 9.57. The molecule has 2 atom stereocenters. The van der Waals surface area contributed by atoms with Gasteiger partial charge in [-0.15, -0.1) is 0 Å². The normalized spacial score (nSPS) is 34.8. The predicted molar refractivity (Wildman–Crippen MR) is 61.6 cm³/mol. The first-order valence-corrected chi connectivity index (χ1v) is 6.43. The second-order valence-electron chi connectivity index (χ2n) is 5.12. The second kappa shape index (κ2) is 5.28. The third-order valence-corrected chi connectivity index (χ3v) is 4.14. The molecule has 3 heteroatoms. The number of nitrogens with two attached hydrogens (primary N) is 1. The fraction of sp³-hybridized carbons (Fsp3) is 1.00. The summed E-state index contributed by atoms with van der Waals surface area (Å²) in [5.41, 5.74) is 5.58. The van der Waals surface area contributed by atoms with Crippen LogP contribution in [0.5, 0.6) is 0 Å². The van der Waals surface area contributed by atoms with Crippen molar-refractivity contribution >= 4 is 0 Å². The van der Waals surface area contributed by atoms with Crippen LogP contribution in [-0.4, -0.2) is 41.8 Å². The monoisotopic (exact) mass is 212 g/mol. The Balaban J connectivity index is 1.77. The van der Waals surface area contributed by atoms with E-state index in [1.54, 1.807) is 0 Å². The third kappa shape index (κ3) is 2.71.